The van der Waals surface area contributed by atoms with Crippen LogP contribution in [0.25, 0.3) is 0 Å². The first-order chi connectivity index (χ1) is 6.65. The first-order valence-electron chi connectivity index (χ1n) is 4.34. The van der Waals surface area contributed by atoms with Gasteiger partial charge in [0.15, 0.2) is 0 Å². The molecule has 0 atom stereocenters. The number of thioether (sulfide) groups is 2. The first-order valence-corrected chi connectivity index (χ1v) is 6.79. The van der Waals surface area contributed by atoms with Crippen molar-refractivity contribution in [3.05, 3.63) is 11.6 Å². The molecule has 14 heavy (non-hydrogen) atoms. The molecule has 0 heterocycles. The zero-order valence-electron chi connectivity index (χ0n) is 8.97. The van der Waals surface area contributed by atoms with E-state index in [1.54, 1.807) is 23.5 Å². The number of hydrogen-bond donors (Lipinski definition) is 2. The lowest BCUT2D eigenvalue weighted by Crippen LogP contribution is -2.00. The fourth-order valence-corrected chi connectivity index (χ4v) is 2.79. The molecule has 0 saturated carbocycles. The summed E-state index contributed by atoms with van der Waals surface area (Å²) in [5.41, 5.74) is 9.20. The SMILES string of the molecule is CNc1c(SC)cc(SC)c(N)c1C. The van der Waals surface area contributed by atoms with Crippen molar-refractivity contribution < 1.29 is 0 Å². The summed E-state index contributed by atoms with van der Waals surface area (Å²) >= 11 is 3.43. The number of nitrogen functional groups attached to an aromatic ring is 1. The highest BCUT2D eigenvalue weighted by Gasteiger charge is 2.10. The van der Waals surface area contributed by atoms with Crippen molar-refractivity contribution in [1.82, 2.24) is 0 Å². The fourth-order valence-electron chi connectivity index (χ4n) is 1.41. The van der Waals surface area contributed by atoms with Crippen LogP contribution in [0.3, 0.4) is 0 Å². The molecule has 1 rings (SSSR count). The normalized spacial score (nSPS) is 10.3. The third-order valence-corrected chi connectivity index (χ3v) is 3.78. The molecule has 0 aliphatic heterocycles. The Labute approximate surface area is 94.0 Å². The zero-order chi connectivity index (χ0) is 10.7. The van der Waals surface area contributed by atoms with Crippen LogP contribution >= 0.6 is 23.5 Å². The molecule has 0 aliphatic carbocycles. The lowest BCUT2D eigenvalue weighted by atomic mass is 10.1. The molecule has 0 amide bonds. The lowest BCUT2D eigenvalue weighted by molar-refractivity contribution is 1.25. The average molecular weight is 228 g/mol. The summed E-state index contributed by atoms with van der Waals surface area (Å²) in [5, 5.41) is 3.20. The third-order valence-electron chi connectivity index (χ3n) is 2.24. The Morgan fingerprint density at radius 2 is 1.79 bits per heavy atom. The monoisotopic (exact) mass is 228 g/mol. The minimum atomic E-state index is 0.889. The summed E-state index contributed by atoms with van der Waals surface area (Å²) in [6, 6.07) is 2.14. The molecule has 0 bridgehead atoms. The summed E-state index contributed by atoms with van der Waals surface area (Å²) in [4.78, 5) is 2.41. The maximum atomic E-state index is 6.02. The topological polar surface area (TPSA) is 38.0 Å². The van der Waals surface area contributed by atoms with E-state index >= 15 is 0 Å². The summed E-state index contributed by atoms with van der Waals surface area (Å²) in [6.45, 7) is 2.06. The number of anilines is 2. The number of rotatable bonds is 3. The minimum absolute atomic E-state index is 0.889. The van der Waals surface area contributed by atoms with Gasteiger partial charge in [-0.2, -0.15) is 0 Å². The van der Waals surface area contributed by atoms with E-state index in [0.29, 0.717) is 0 Å². The van der Waals surface area contributed by atoms with Gasteiger partial charge in [0.2, 0.25) is 0 Å². The van der Waals surface area contributed by atoms with Gasteiger partial charge < -0.3 is 11.1 Å². The van der Waals surface area contributed by atoms with Gasteiger partial charge in [-0.25, -0.2) is 0 Å². The second-order valence-electron chi connectivity index (χ2n) is 2.94. The number of nitrogens with two attached hydrogens (primary N) is 1. The van der Waals surface area contributed by atoms with Crippen LogP contribution in [0.15, 0.2) is 15.9 Å². The fraction of sp³-hybridized carbons (Fsp3) is 0.400. The van der Waals surface area contributed by atoms with Crippen LogP contribution in [0.2, 0.25) is 0 Å². The molecule has 1 aromatic carbocycles. The van der Waals surface area contributed by atoms with Crippen LogP contribution in [0.5, 0.6) is 0 Å². The van der Waals surface area contributed by atoms with E-state index < -0.39 is 0 Å². The van der Waals surface area contributed by atoms with Crippen LogP contribution in [-0.4, -0.2) is 19.6 Å². The first kappa shape index (κ1) is 11.6. The minimum Gasteiger partial charge on any atom is -0.398 e. The van der Waals surface area contributed by atoms with Gasteiger partial charge in [-0.15, -0.1) is 23.5 Å². The van der Waals surface area contributed by atoms with E-state index in [0.717, 1.165) is 21.8 Å². The maximum Gasteiger partial charge on any atom is 0.0526 e. The molecule has 0 unspecified atom stereocenters. The van der Waals surface area contributed by atoms with Gasteiger partial charge in [0, 0.05) is 16.8 Å². The number of benzene rings is 1. The molecule has 0 fully saturated rings. The van der Waals surface area contributed by atoms with E-state index in [-0.39, 0.29) is 0 Å². The highest BCUT2D eigenvalue weighted by molar-refractivity contribution is 7.99. The predicted molar refractivity (Wildman–Crippen MR) is 68.7 cm³/mol. The van der Waals surface area contributed by atoms with E-state index in [1.807, 2.05) is 13.3 Å². The van der Waals surface area contributed by atoms with Crippen LogP contribution in [-0.2, 0) is 0 Å². The Morgan fingerprint density at radius 1 is 1.21 bits per heavy atom. The zero-order valence-corrected chi connectivity index (χ0v) is 10.6. The van der Waals surface area contributed by atoms with Gasteiger partial charge in [-0.1, -0.05) is 0 Å². The molecule has 0 aromatic heterocycles. The molecular formula is C10H16N2S2. The van der Waals surface area contributed by atoms with Crippen molar-refractivity contribution in [1.29, 1.82) is 0 Å². The second-order valence-corrected chi connectivity index (χ2v) is 4.64. The molecular weight excluding hydrogens is 212 g/mol. The van der Waals surface area contributed by atoms with Gasteiger partial charge in [-0.05, 0) is 31.1 Å². The second kappa shape index (κ2) is 4.84. The van der Waals surface area contributed by atoms with Gasteiger partial charge in [0.1, 0.15) is 0 Å². The van der Waals surface area contributed by atoms with Gasteiger partial charge >= 0.3 is 0 Å². The van der Waals surface area contributed by atoms with Crippen molar-refractivity contribution >= 4 is 34.9 Å². The standard InChI is InChI=1S/C10H16N2S2/c1-6-9(11)7(13-3)5-8(14-4)10(6)12-2/h5,12H,11H2,1-4H3. The molecule has 4 heteroatoms. The van der Waals surface area contributed by atoms with Crippen molar-refractivity contribution in [2.45, 2.75) is 16.7 Å². The Kier molecular flexibility index (Phi) is 4.01. The van der Waals surface area contributed by atoms with Crippen molar-refractivity contribution in [3.8, 4) is 0 Å². The van der Waals surface area contributed by atoms with Crippen LogP contribution in [0.1, 0.15) is 5.56 Å². The van der Waals surface area contributed by atoms with E-state index in [2.05, 4.69) is 24.6 Å². The average Bonchev–Trinajstić information content (AvgIpc) is 2.21. The molecule has 0 saturated heterocycles. The molecule has 3 N–H and O–H groups in total. The van der Waals surface area contributed by atoms with E-state index in [4.69, 9.17) is 5.73 Å². The summed E-state index contributed by atoms with van der Waals surface area (Å²) in [5.74, 6) is 0. The highest BCUT2D eigenvalue weighted by atomic mass is 32.2. The number of hydrogen-bond acceptors (Lipinski definition) is 4. The van der Waals surface area contributed by atoms with Crippen molar-refractivity contribution in [2.24, 2.45) is 0 Å². The Morgan fingerprint density at radius 3 is 2.21 bits per heavy atom. The van der Waals surface area contributed by atoms with Crippen molar-refractivity contribution in [2.75, 3.05) is 30.6 Å². The van der Waals surface area contributed by atoms with Crippen molar-refractivity contribution in [3.63, 3.8) is 0 Å². The quantitative estimate of drug-likeness (QED) is 0.616. The number of nitrogens with one attached hydrogen (secondary N) is 1. The molecule has 0 spiro atoms. The van der Waals surface area contributed by atoms with E-state index in [1.165, 1.54) is 4.90 Å². The predicted octanol–water partition coefficient (Wildman–Crippen LogP) is 3.06. The summed E-state index contributed by atoms with van der Waals surface area (Å²) in [7, 11) is 1.93. The van der Waals surface area contributed by atoms with Gasteiger partial charge in [0.25, 0.3) is 0 Å². The third kappa shape index (κ3) is 1.96. The molecule has 1 aromatic rings. The molecule has 2 nitrogen and oxygen atoms in total. The Bertz CT molecular complexity index is 337. The Balaban J connectivity index is 3.38. The smallest absolute Gasteiger partial charge is 0.0526 e. The van der Waals surface area contributed by atoms with Gasteiger partial charge in [-0.3, -0.25) is 0 Å². The summed E-state index contributed by atoms with van der Waals surface area (Å²) < 4.78 is 0. The highest BCUT2D eigenvalue weighted by Crippen LogP contribution is 2.37. The van der Waals surface area contributed by atoms with Crippen LogP contribution in [0.4, 0.5) is 11.4 Å². The maximum absolute atomic E-state index is 6.02. The van der Waals surface area contributed by atoms with Crippen LogP contribution in [0, 0.1) is 6.92 Å². The van der Waals surface area contributed by atoms with Gasteiger partial charge in [0.05, 0.1) is 11.4 Å². The largest absolute Gasteiger partial charge is 0.398 e. The molecule has 0 aliphatic rings. The van der Waals surface area contributed by atoms with E-state index in [9.17, 15) is 0 Å². The molecule has 78 valence electrons. The van der Waals surface area contributed by atoms with Crippen LogP contribution < -0.4 is 11.1 Å². The Hall–Kier alpha value is -0.480. The molecule has 0 radical (unpaired) electrons. The summed E-state index contributed by atoms with van der Waals surface area (Å²) in [6.07, 6.45) is 4.13. The lowest BCUT2D eigenvalue weighted by Gasteiger charge is -2.15.